The average molecular weight is 285 g/mol. The smallest absolute Gasteiger partial charge is 0.212 e. The summed E-state index contributed by atoms with van der Waals surface area (Å²) in [6.45, 7) is 4.47. The number of hydrogen-bond acceptors (Lipinski definition) is 3. The zero-order valence-corrected chi connectivity index (χ0v) is 12.3. The van der Waals surface area contributed by atoms with Gasteiger partial charge in [0.2, 0.25) is 10.0 Å². The van der Waals surface area contributed by atoms with Gasteiger partial charge < -0.3 is 5.73 Å². The maximum atomic E-state index is 11.9. The molecule has 0 radical (unpaired) electrons. The Morgan fingerprint density at radius 2 is 1.82 bits per heavy atom. The normalized spacial score (nSPS) is 17.9. The molecule has 0 spiro atoms. The Balaban J connectivity index is 0.00000256. The molecule has 0 aromatic heterocycles. The molecule has 0 bridgehead atoms. The van der Waals surface area contributed by atoms with Crippen LogP contribution in [0.25, 0.3) is 0 Å². The largest absolute Gasteiger partial charge is 0.329 e. The second-order valence-electron chi connectivity index (χ2n) is 4.76. The van der Waals surface area contributed by atoms with Gasteiger partial charge in [0, 0.05) is 12.6 Å². The molecule has 17 heavy (non-hydrogen) atoms. The fraction of sp³-hybridized carbons (Fsp3) is 1.00. The highest BCUT2D eigenvalue weighted by Gasteiger charge is 2.33. The van der Waals surface area contributed by atoms with E-state index in [4.69, 9.17) is 5.73 Å². The quantitative estimate of drug-likeness (QED) is 0.709. The highest BCUT2D eigenvalue weighted by Crippen LogP contribution is 2.32. The molecule has 1 fully saturated rings. The average Bonchev–Trinajstić information content (AvgIpc) is 3.06. The summed E-state index contributed by atoms with van der Waals surface area (Å²) in [6.07, 6.45) is 4.03. The first-order valence-corrected chi connectivity index (χ1v) is 7.87. The molecule has 1 aliphatic carbocycles. The van der Waals surface area contributed by atoms with E-state index in [1.165, 1.54) is 0 Å². The van der Waals surface area contributed by atoms with Crippen molar-refractivity contribution in [3.63, 3.8) is 0 Å². The predicted octanol–water partition coefficient (Wildman–Crippen LogP) is 1.50. The van der Waals surface area contributed by atoms with Crippen molar-refractivity contribution in [3.05, 3.63) is 0 Å². The van der Waals surface area contributed by atoms with Crippen LogP contribution in [0.2, 0.25) is 0 Å². The van der Waals surface area contributed by atoms with E-state index < -0.39 is 10.0 Å². The second-order valence-corrected chi connectivity index (χ2v) is 6.56. The van der Waals surface area contributed by atoms with Crippen molar-refractivity contribution < 1.29 is 8.42 Å². The number of nitrogens with one attached hydrogen (secondary N) is 1. The van der Waals surface area contributed by atoms with Crippen LogP contribution in [0.5, 0.6) is 0 Å². The van der Waals surface area contributed by atoms with Gasteiger partial charge in [-0.05, 0) is 24.7 Å². The topological polar surface area (TPSA) is 72.2 Å². The fourth-order valence-corrected chi connectivity index (χ4v) is 3.89. The molecular formula is C11H25ClN2O2S. The number of hydrogen-bond donors (Lipinski definition) is 2. The number of halogens is 1. The molecule has 1 unspecified atom stereocenters. The molecule has 6 heteroatoms. The standard InChI is InChI=1S/C11H24N2O2S.ClH/c1-3-9(4-2)8-16(14,15)13-11(7-12)10-5-6-10;/h9-11,13H,3-8,12H2,1-2H3;1H. The minimum Gasteiger partial charge on any atom is -0.329 e. The van der Waals surface area contributed by atoms with Gasteiger partial charge in [0.05, 0.1) is 5.75 Å². The van der Waals surface area contributed by atoms with Crippen LogP contribution in [0.15, 0.2) is 0 Å². The third-order valence-corrected chi connectivity index (χ3v) is 4.96. The van der Waals surface area contributed by atoms with E-state index in [9.17, 15) is 8.42 Å². The van der Waals surface area contributed by atoms with Crippen molar-refractivity contribution in [2.75, 3.05) is 12.3 Å². The first-order valence-electron chi connectivity index (χ1n) is 6.22. The molecule has 4 nitrogen and oxygen atoms in total. The van der Waals surface area contributed by atoms with Gasteiger partial charge >= 0.3 is 0 Å². The fourth-order valence-electron chi connectivity index (χ4n) is 1.95. The second kappa shape index (κ2) is 7.56. The van der Waals surface area contributed by atoms with Crippen molar-refractivity contribution in [1.29, 1.82) is 0 Å². The van der Waals surface area contributed by atoms with Crippen LogP contribution in [0.4, 0.5) is 0 Å². The summed E-state index contributed by atoms with van der Waals surface area (Å²) in [5.74, 6) is 0.972. The summed E-state index contributed by atoms with van der Waals surface area (Å²) in [4.78, 5) is 0. The van der Waals surface area contributed by atoms with Crippen molar-refractivity contribution in [2.45, 2.75) is 45.6 Å². The predicted molar refractivity (Wildman–Crippen MR) is 73.8 cm³/mol. The van der Waals surface area contributed by atoms with Gasteiger partial charge in [-0.2, -0.15) is 0 Å². The van der Waals surface area contributed by atoms with Crippen LogP contribution < -0.4 is 10.5 Å². The molecule has 104 valence electrons. The van der Waals surface area contributed by atoms with Crippen LogP contribution in [0, 0.1) is 11.8 Å². The van der Waals surface area contributed by atoms with Crippen molar-refractivity contribution >= 4 is 22.4 Å². The molecule has 0 heterocycles. The van der Waals surface area contributed by atoms with Crippen LogP contribution >= 0.6 is 12.4 Å². The van der Waals surface area contributed by atoms with Gasteiger partial charge in [-0.15, -0.1) is 12.4 Å². The Morgan fingerprint density at radius 1 is 1.29 bits per heavy atom. The van der Waals surface area contributed by atoms with Crippen LogP contribution in [-0.2, 0) is 10.0 Å². The molecule has 3 N–H and O–H groups in total. The monoisotopic (exact) mass is 284 g/mol. The van der Waals surface area contributed by atoms with Gasteiger partial charge in [0.15, 0.2) is 0 Å². The summed E-state index contributed by atoms with van der Waals surface area (Å²) in [6, 6.07) is -0.0423. The lowest BCUT2D eigenvalue weighted by atomic mass is 10.1. The lowest BCUT2D eigenvalue weighted by Gasteiger charge is -2.19. The number of rotatable bonds is 8. The minimum absolute atomic E-state index is 0. The molecule has 1 aliphatic rings. The van der Waals surface area contributed by atoms with E-state index in [1.54, 1.807) is 0 Å². The van der Waals surface area contributed by atoms with E-state index in [1.807, 2.05) is 13.8 Å². The molecule has 0 amide bonds. The molecule has 0 saturated heterocycles. The van der Waals surface area contributed by atoms with E-state index in [0.717, 1.165) is 25.7 Å². The molecular weight excluding hydrogens is 260 g/mol. The maximum absolute atomic E-state index is 11.9. The lowest BCUT2D eigenvalue weighted by Crippen LogP contribution is -2.43. The van der Waals surface area contributed by atoms with Gasteiger partial charge in [-0.1, -0.05) is 26.7 Å². The van der Waals surface area contributed by atoms with E-state index >= 15 is 0 Å². The number of nitrogens with two attached hydrogens (primary N) is 1. The van der Waals surface area contributed by atoms with E-state index in [-0.39, 0.29) is 30.1 Å². The van der Waals surface area contributed by atoms with Crippen LogP contribution in [-0.4, -0.2) is 26.8 Å². The zero-order valence-electron chi connectivity index (χ0n) is 10.7. The Labute approximate surface area is 111 Å². The van der Waals surface area contributed by atoms with E-state index in [2.05, 4.69) is 4.72 Å². The summed E-state index contributed by atoms with van der Waals surface area (Å²) in [5.41, 5.74) is 5.59. The van der Waals surface area contributed by atoms with Gasteiger partial charge in [-0.25, -0.2) is 13.1 Å². The van der Waals surface area contributed by atoms with Crippen molar-refractivity contribution in [1.82, 2.24) is 4.72 Å². The summed E-state index contributed by atoms with van der Waals surface area (Å²) in [7, 11) is -3.15. The van der Waals surface area contributed by atoms with Gasteiger partial charge in [-0.3, -0.25) is 0 Å². The zero-order chi connectivity index (χ0) is 12.2. The molecule has 1 saturated carbocycles. The molecule has 0 aromatic rings. The molecule has 0 aliphatic heterocycles. The Bertz CT molecular complexity index is 301. The molecule has 1 atom stereocenters. The molecule has 1 rings (SSSR count). The summed E-state index contributed by atoms with van der Waals surface area (Å²) < 4.78 is 26.5. The first kappa shape index (κ1) is 17.2. The molecule has 0 aromatic carbocycles. The van der Waals surface area contributed by atoms with Gasteiger partial charge in [0.25, 0.3) is 0 Å². The van der Waals surface area contributed by atoms with Crippen molar-refractivity contribution in [3.8, 4) is 0 Å². The highest BCUT2D eigenvalue weighted by atomic mass is 35.5. The van der Waals surface area contributed by atoms with Crippen LogP contribution in [0.3, 0.4) is 0 Å². The van der Waals surface area contributed by atoms with Gasteiger partial charge in [0.1, 0.15) is 0 Å². The van der Waals surface area contributed by atoms with Crippen LogP contribution in [0.1, 0.15) is 39.5 Å². The Hall–Kier alpha value is 0.160. The SMILES string of the molecule is CCC(CC)CS(=O)(=O)NC(CN)C1CC1.Cl. The lowest BCUT2D eigenvalue weighted by molar-refractivity contribution is 0.492. The third kappa shape index (κ3) is 6.04. The minimum atomic E-state index is -3.15. The maximum Gasteiger partial charge on any atom is 0.212 e. The number of sulfonamides is 1. The van der Waals surface area contributed by atoms with E-state index in [0.29, 0.717) is 12.5 Å². The summed E-state index contributed by atoms with van der Waals surface area (Å²) >= 11 is 0. The third-order valence-electron chi connectivity index (χ3n) is 3.39. The Morgan fingerprint density at radius 3 is 2.18 bits per heavy atom. The summed E-state index contributed by atoms with van der Waals surface area (Å²) in [5, 5.41) is 0. The Kier molecular flexibility index (Phi) is 7.63. The highest BCUT2D eigenvalue weighted by molar-refractivity contribution is 7.89. The van der Waals surface area contributed by atoms with Crippen molar-refractivity contribution in [2.24, 2.45) is 17.6 Å². The first-order chi connectivity index (χ1) is 7.52.